The van der Waals surface area contributed by atoms with Crippen LogP contribution in [0.5, 0.6) is 0 Å². The summed E-state index contributed by atoms with van der Waals surface area (Å²) in [5, 5.41) is 23.8. The van der Waals surface area contributed by atoms with Crippen LogP contribution in [0.3, 0.4) is 0 Å². The third-order valence-corrected chi connectivity index (χ3v) is 6.55. The molecule has 3 aromatic carbocycles. The van der Waals surface area contributed by atoms with Crippen molar-refractivity contribution in [3.8, 4) is 0 Å². The predicted octanol–water partition coefficient (Wildman–Crippen LogP) is 3.61. The summed E-state index contributed by atoms with van der Waals surface area (Å²) in [4.78, 5) is 52.6. The largest absolute Gasteiger partial charge is 0.481 e. The lowest BCUT2D eigenvalue weighted by atomic mass is 9.99. The van der Waals surface area contributed by atoms with E-state index >= 15 is 0 Å². The van der Waals surface area contributed by atoms with Crippen LogP contribution in [0.2, 0.25) is 0 Å². The predicted molar refractivity (Wildman–Crippen MR) is 148 cm³/mol. The Morgan fingerprint density at radius 2 is 1.62 bits per heavy atom. The molecule has 0 aliphatic carbocycles. The van der Waals surface area contributed by atoms with Gasteiger partial charge in [0.15, 0.2) is 5.13 Å². The van der Waals surface area contributed by atoms with E-state index in [1.807, 2.05) is 66.7 Å². The lowest BCUT2D eigenvalue weighted by molar-refractivity contribution is -0.138. The van der Waals surface area contributed by atoms with Crippen LogP contribution < -0.4 is 21.3 Å². The van der Waals surface area contributed by atoms with E-state index in [4.69, 9.17) is 0 Å². The lowest BCUT2D eigenvalue weighted by Crippen LogP contribution is -2.39. The van der Waals surface area contributed by atoms with Gasteiger partial charge in [-0.1, -0.05) is 66.7 Å². The molecule has 1 aromatic heterocycles. The number of carbonyl (C=O) groups is 4. The van der Waals surface area contributed by atoms with Gasteiger partial charge < -0.3 is 21.1 Å². The van der Waals surface area contributed by atoms with Crippen molar-refractivity contribution in [3.05, 3.63) is 95.0 Å². The highest BCUT2D eigenvalue weighted by Crippen LogP contribution is 2.23. The normalized spacial score (nSPS) is 11.4. The number of amides is 4. The maximum Gasteiger partial charge on any atom is 0.321 e. The van der Waals surface area contributed by atoms with Crippen molar-refractivity contribution < 1.29 is 24.3 Å². The highest BCUT2D eigenvalue weighted by atomic mass is 32.1. The summed E-state index contributed by atoms with van der Waals surface area (Å²) in [6, 6.07) is 21.4. The van der Waals surface area contributed by atoms with E-state index in [0.29, 0.717) is 22.9 Å². The van der Waals surface area contributed by atoms with Gasteiger partial charge in [-0.2, -0.15) is 0 Å². The first-order valence-corrected chi connectivity index (χ1v) is 13.0. The number of aromatic nitrogens is 1. The zero-order valence-electron chi connectivity index (χ0n) is 20.8. The van der Waals surface area contributed by atoms with E-state index in [2.05, 4.69) is 26.3 Å². The van der Waals surface area contributed by atoms with Gasteiger partial charge in [0.05, 0.1) is 31.1 Å². The molecule has 0 aliphatic rings. The Balaban J connectivity index is 1.24. The van der Waals surface area contributed by atoms with E-state index in [1.165, 1.54) is 11.3 Å². The number of hydrogen-bond donors (Lipinski definition) is 5. The third-order valence-electron chi connectivity index (χ3n) is 5.75. The quantitative estimate of drug-likeness (QED) is 0.194. The number of rotatable bonds is 11. The van der Waals surface area contributed by atoms with E-state index in [0.717, 1.165) is 16.3 Å². The van der Waals surface area contributed by atoms with Crippen molar-refractivity contribution in [2.75, 3.05) is 11.9 Å². The number of carboxylic acid groups (broad SMARTS) is 1. The van der Waals surface area contributed by atoms with Crippen molar-refractivity contribution in [1.82, 2.24) is 20.9 Å². The Morgan fingerprint density at radius 3 is 2.38 bits per heavy atom. The highest BCUT2D eigenvalue weighted by Gasteiger charge is 2.19. The summed E-state index contributed by atoms with van der Waals surface area (Å²) in [5.74, 6) is -2.01. The first-order chi connectivity index (χ1) is 18.9. The number of carbonyl (C=O) groups excluding carboxylic acids is 3. The fourth-order valence-corrected chi connectivity index (χ4v) is 4.57. The second-order valence-corrected chi connectivity index (χ2v) is 9.57. The molecule has 0 radical (unpaired) electrons. The standard InChI is InChI=1S/C28H27N5O5S/c34-24(13-22-17-39-28(31-22)33-27(38)30-15-18-6-2-1-3-7-18)29-16-25(35)32-23(14-26(36)37)21-11-10-19-8-4-5-9-20(19)12-21/h1-12,17,23H,13-16H2,(H,29,34)(H,32,35)(H,36,37)(H2,30,31,33,38). The van der Waals surface area contributed by atoms with E-state index < -0.39 is 29.9 Å². The number of benzene rings is 3. The van der Waals surface area contributed by atoms with Crippen LogP contribution in [0.4, 0.5) is 9.93 Å². The molecule has 1 heterocycles. The molecule has 10 nitrogen and oxygen atoms in total. The van der Waals surface area contributed by atoms with Crippen LogP contribution in [0.25, 0.3) is 10.8 Å². The van der Waals surface area contributed by atoms with Gasteiger partial charge >= 0.3 is 12.0 Å². The second kappa shape index (κ2) is 13.2. The van der Waals surface area contributed by atoms with E-state index in [1.54, 1.807) is 11.4 Å². The van der Waals surface area contributed by atoms with Crippen LogP contribution in [-0.2, 0) is 27.3 Å². The molecule has 4 rings (SSSR count). The van der Waals surface area contributed by atoms with Gasteiger partial charge in [-0.05, 0) is 28.0 Å². The van der Waals surface area contributed by atoms with Gasteiger partial charge in [0, 0.05) is 11.9 Å². The number of aliphatic carboxylic acids is 1. The highest BCUT2D eigenvalue weighted by molar-refractivity contribution is 7.13. The minimum Gasteiger partial charge on any atom is -0.481 e. The molecule has 1 atom stereocenters. The first-order valence-electron chi connectivity index (χ1n) is 12.2. The number of nitrogens with one attached hydrogen (secondary N) is 4. The number of carboxylic acids is 1. The second-order valence-electron chi connectivity index (χ2n) is 8.72. The lowest BCUT2D eigenvalue weighted by Gasteiger charge is -2.18. The zero-order valence-corrected chi connectivity index (χ0v) is 21.7. The number of thiazole rings is 1. The summed E-state index contributed by atoms with van der Waals surface area (Å²) in [5.41, 5.74) is 2.06. The molecule has 0 aliphatic heterocycles. The van der Waals surface area contributed by atoms with E-state index in [9.17, 15) is 24.3 Å². The molecule has 5 N–H and O–H groups in total. The van der Waals surface area contributed by atoms with Gasteiger partial charge in [0.25, 0.3) is 0 Å². The Bertz CT molecular complexity index is 1470. The van der Waals surface area contributed by atoms with Crippen LogP contribution in [0.1, 0.15) is 29.3 Å². The van der Waals surface area contributed by atoms with Crippen LogP contribution >= 0.6 is 11.3 Å². The molecule has 0 saturated carbocycles. The van der Waals surface area contributed by atoms with Crippen LogP contribution in [0, 0.1) is 0 Å². The topological polar surface area (TPSA) is 150 Å². The Labute approximate surface area is 228 Å². The molecule has 0 bridgehead atoms. The summed E-state index contributed by atoms with van der Waals surface area (Å²) in [7, 11) is 0. The zero-order chi connectivity index (χ0) is 27.6. The first kappa shape index (κ1) is 27.3. The summed E-state index contributed by atoms with van der Waals surface area (Å²) in [6.07, 6.45) is -0.383. The average molecular weight is 546 g/mol. The molecule has 0 spiro atoms. The monoisotopic (exact) mass is 545 g/mol. The fraction of sp³-hybridized carbons (Fsp3) is 0.179. The maximum atomic E-state index is 12.5. The van der Waals surface area contributed by atoms with Crippen molar-refractivity contribution >= 4 is 51.1 Å². The van der Waals surface area contributed by atoms with E-state index in [-0.39, 0.29) is 19.4 Å². The van der Waals surface area contributed by atoms with Crippen molar-refractivity contribution in [2.24, 2.45) is 0 Å². The van der Waals surface area contributed by atoms with Crippen molar-refractivity contribution in [3.63, 3.8) is 0 Å². The molecule has 0 fully saturated rings. The summed E-state index contributed by atoms with van der Waals surface area (Å²) < 4.78 is 0. The third kappa shape index (κ3) is 8.37. The van der Waals surface area contributed by atoms with Crippen molar-refractivity contribution in [2.45, 2.75) is 25.4 Å². The SMILES string of the molecule is O=C(O)CC(NC(=O)CNC(=O)Cc1csc(NC(=O)NCc2ccccc2)n1)c1ccc2ccccc2c1. The molecule has 200 valence electrons. The molecule has 39 heavy (non-hydrogen) atoms. The number of fused-ring (bicyclic) bond motifs is 1. The Kier molecular flexibility index (Phi) is 9.20. The Hall–Kier alpha value is -4.77. The molecule has 1 unspecified atom stereocenters. The smallest absolute Gasteiger partial charge is 0.321 e. The minimum absolute atomic E-state index is 0.0830. The Morgan fingerprint density at radius 1 is 0.872 bits per heavy atom. The molecular weight excluding hydrogens is 518 g/mol. The molecular formula is C28H27N5O5S. The number of urea groups is 1. The molecule has 0 saturated heterocycles. The molecule has 4 amide bonds. The number of nitrogens with zero attached hydrogens (tertiary/aromatic N) is 1. The van der Waals surface area contributed by atoms with Gasteiger partial charge in [0.1, 0.15) is 0 Å². The van der Waals surface area contributed by atoms with Gasteiger partial charge in [-0.3, -0.25) is 19.7 Å². The molecule has 11 heteroatoms. The van der Waals surface area contributed by atoms with Crippen molar-refractivity contribution in [1.29, 1.82) is 0 Å². The number of anilines is 1. The van der Waals surface area contributed by atoms with Crippen LogP contribution in [-0.4, -0.2) is 40.5 Å². The van der Waals surface area contributed by atoms with Gasteiger partial charge in [0.2, 0.25) is 11.8 Å². The summed E-state index contributed by atoms with van der Waals surface area (Å²) >= 11 is 1.18. The minimum atomic E-state index is -1.06. The van der Waals surface area contributed by atoms with Crippen LogP contribution in [0.15, 0.2) is 78.2 Å². The number of hydrogen-bond acceptors (Lipinski definition) is 6. The summed E-state index contributed by atoms with van der Waals surface area (Å²) in [6.45, 7) is 0.0449. The average Bonchev–Trinajstić information content (AvgIpc) is 3.36. The fourth-order valence-electron chi connectivity index (χ4n) is 3.87. The molecule has 4 aromatic rings. The van der Waals surface area contributed by atoms with Gasteiger partial charge in [-0.15, -0.1) is 11.3 Å². The maximum absolute atomic E-state index is 12.5. The van der Waals surface area contributed by atoms with Gasteiger partial charge in [-0.25, -0.2) is 9.78 Å².